The molecule has 0 aromatic heterocycles. The maximum atomic E-state index is 12.9. The van der Waals surface area contributed by atoms with Crippen LogP contribution >= 0.6 is 0 Å². The van der Waals surface area contributed by atoms with Gasteiger partial charge in [0.2, 0.25) is 11.8 Å². The average Bonchev–Trinajstić information content (AvgIpc) is 3.12. The summed E-state index contributed by atoms with van der Waals surface area (Å²) in [6.45, 7) is 1.87. The van der Waals surface area contributed by atoms with E-state index in [0.717, 1.165) is 6.42 Å². The number of hydrogen-bond acceptors (Lipinski definition) is 3. The molecular weight excluding hydrogens is 282 g/mol. The highest BCUT2D eigenvalue weighted by Crippen LogP contribution is 2.60. The zero-order valence-electron chi connectivity index (χ0n) is 12.0. The predicted molar refractivity (Wildman–Crippen MR) is 78.2 cm³/mol. The normalized spacial score (nSPS) is 35.3. The third-order valence-electron chi connectivity index (χ3n) is 5.46. The highest BCUT2D eigenvalue weighted by atomic mass is 16.4. The Labute approximate surface area is 127 Å². The van der Waals surface area contributed by atoms with Crippen molar-refractivity contribution in [3.63, 3.8) is 0 Å². The second-order valence-corrected chi connectivity index (χ2v) is 6.49. The van der Waals surface area contributed by atoms with Gasteiger partial charge in [-0.1, -0.05) is 18.2 Å². The number of carbonyl (C=O) groups excluding carboxylic acids is 2. The molecule has 0 spiro atoms. The molecule has 1 aromatic rings. The van der Waals surface area contributed by atoms with E-state index in [2.05, 4.69) is 0 Å². The smallest absolute Gasteiger partial charge is 0.335 e. The third kappa shape index (κ3) is 1.41. The van der Waals surface area contributed by atoms with Gasteiger partial charge in [-0.15, -0.1) is 0 Å². The van der Waals surface area contributed by atoms with Crippen LogP contribution in [-0.4, -0.2) is 22.9 Å². The van der Waals surface area contributed by atoms with E-state index in [0.29, 0.717) is 5.69 Å². The molecule has 2 amide bonds. The number of anilines is 1. The lowest BCUT2D eigenvalue weighted by Crippen LogP contribution is -2.37. The van der Waals surface area contributed by atoms with Gasteiger partial charge in [-0.05, 0) is 43.4 Å². The fraction of sp³-hybridized carbons (Fsp3) is 0.353. The summed E-state index contributed by atoms with van der Waals surface area (Å²) in [7, 11) is 0. The van der Waals surface area contributed by atoms with Gasteiger partial charge in [-0.3, -0.25) is 9.59 Å². The molecule has 1 saturated heterocycles. The number of fused-ring (bicyclic) bond motifs is 5. The lowest BCUT2D eigenvalue weighted by molar-refractivity contribution is -0.127. The van der Waals surface area contributed by atoms with E-state index in [1.165, 1.54) is 17.0 Å². The van der Waals surface area contributed by atoms with Crippen LogP contribution in [0, 0.1) is 23.2 Å². The zero-order chi connectivity index (χ0) is 15.6. The molecule has 1 N–H and O–H groups in total. The largest absolute Gasteiger partial charge is 0.478 e. The van der Waals surface area contributed by atoms with E-state index >= 15 is 0 Å². The molecule has 1 saturated carbocycles. The Morgan fingerprint density at radius 1 is 1.32 bits per heavy atom. The molecule has 0 unspecified atom stereocenters. The summed E-state index contributed by atoms with van der Waals surface area (Å²) in [5, 5.41) is 9.09. The molecule has 1 aliphatic heterocycles. The average molecular weight is 297 g/mol. The van der Waals surface area contributed by atoms with Gasteiger partial charge in [-0.25, -0.2) is 9.69 Å². The molecule has 1 aromatic carbocycles. The van der Waals surface area contributed by atoms with Crippen LogP contribution in [0.2, 0.25) is 0 Å². The molecule has 2 aliphatic carbocycles. The van der Waals surface area contributed by atoms with Crippen LogP contribution in [0.1, 0.15) is 23.7 Å². The first kappa shape index (κ1) is 13.2. The Morgan fingerprint density at radius 3 is 2.77 bits per heavy atom. The molecule has 5 nitrogen and oxygen atoms in total. The molecule has 4 rings (SSSR count). The topological polar surface area (TPSA) is 74.7 Å². The monoisotopic (exact) mass is 297 g/mol. The Bertz CT molecular complexity index is 753. The fourth-order valence-electron chi connectivity index (χ4n) is 4.33. The fourth-order valence-corrected chi connectivity index (χ4v) is 4.33. The Balaban J connectivity index is 1.79. The van der Waals surface area contributed by atoms with E-state index in [4.69, 9.17) is 5.11 Å². The van der Waals surface area contributed by atoms with Gasteiger partial charge in [0, 0.05) is 0 Å². The van der Waals surface area contributed by atoms with Gasteiger partial charge in [0.1, 0.15) is 0 Å². The van der Waals surface area contributed by atoms with Gasteiger partial charge < -0.3 is 5.11 Å². The first-order valence-electron chi connectivity index (χ1n) is 7.34. The Morgan fingerprint density at radius 2 is 2.09 bits per heavy atom. The van der Waals surface area contributed by atoms with Crippen molar-refractivity contribution in [2.24, 2.45) is 23.2 Å². The number of aromatic carboxylic acids is 1. The summed E-state index contributed by atoms with van der Waals surface area (Å²) in [5.74, 6) is -1.57. The van der Waals surface area contributed by atoms with Gasteiger partial charge >= 0.3 is 5.97 Å². The highest BCUT2D eigenvalue weighted by Gasteiger charge is 2.67. The van der Waals surface area contributed by atoms with E-state index < -0.39 is 11.4 Å². The summed E-state index contributed by atoms with van der Waals surface area (Å²) in [4.78, 5) is 38.0. The number of imide groups is 1. The van der Waals surface area contributed by atoms with Crippen molar-refractivity contribution >= 4 is 23.5 Å². The van der Waals surface area contributed by atoms with Crippen LogP contribution in [0.5, 0.6) is 0 Å². The number of carboxylic acids is 1. The van der Waals surface area contributed by atoms with E-state index in [-0.39, 0.29) is 35.1 Å². The molecule has 112 valence electrons. The molecular formula is C17H15NO4. The molecule has 22 heavy (non-hydrogen) atoms. The zero-order valence-corrected chi connectivity index (χ0v) is 12.0. The summed E-state index contributed by atoms with van der Waals surface area (Å²) in [5.41, 5.74) is -0.262. The first-order chi connectivity index (χ1) is 10.4. The van der Waals surface area contributed by atoms with Crippen molar-refractivity contribution in [2.75, 3.05) is 4.90 Å². The van der Waals surface area contributed by atoms with Crippen LogP contribution in [-0.2, 0) is 9.59 Å². The summed E-state index contributed by atoms with van der Waals surface area (Å²) in [6, 6.07) is 6.01. The molecule has 5 heteroatoms. The van der Waals surface area contributed by atoms with E-state index in [1.54, 1.807) is 12.1 Å². The molecule has 4 atom stereocenters. The molecule has 3 aliphatic rings. The van der Waals surface area contributed by atoms with Crippen LogP contribution in [0.4, 0.5) is 5.69 Å². The Hall–Kier alpha value is -2.43. The number of amides is 2. The molecule has 2 fully saturated rings. The van der Waals surface area contributed by atoms with Crippen LogP contribution < -0.4 is 4.90 Å². The summed E-state index contributed by atoms with van der Waals surface area (Å²) < 4.78 is 0. The Kier molecular flexibility index (Phi) is 2.45. The van der Waals surface area contributed by atoms with Crippen molar-refractivity contribution in [1.29, 1.82) is 0 Å². The van der Waals surface area contributed by atoms with Gasteiger partial charge in [0.25, 0.3) is 0 Å². The summed E-state index contributed by atoms with van der Waals surface area (Å²) >= 11 is 0. The van der Waals surface area contributed by atoms with Crippen molar-refractivity contribution in [3.8, 4) is 0 Å². The minimum absolute atomic E-state index is 0.0707. The van der Waals surface area contributed by atoms with Crippen molar-refractivity contribution in [2.45, 2.75) is 13.3 Å². The lowest BCUT2D eigenvalue weighted by Gasteiger charge is -2.28. The van der Waals surface area contributed by atoms with Crippen LogP contribution in [0.3, 0.4) is 0 Å². The lowest BCUT2D eigenvalue weighted by atomic mass is 9.71. The second-order valence-electron chi connectivity index (χ2n) is 6.49. The van der Waals surface area contributed by atoms with Gasteiger partial charge in [0.05, 0.1) is 22.6 Å². The minimum Gasteiger partial charge on any atom is -0.478 e. The van der Waals surface area contributed by atoms with Crippen molar-refractivity contribution < 1.29 is 19.5 Å². The number of benzene rings is 1. The molecule has 0 radical (unpaired) electrons. The number of carboxylic acid groups (broad SMARTS) is 1. The maximum absolute atomic E-state index is 12.9. The summed E-state index contributed by atoms with van der Waals surface area (Å²) in [6.07, 6.45) is 4.95. The number of carbonyl (C=O) groups is 3. The maximum Gasteiger partial charge on any atom is 0.335 e. The van der Waals surface area contributed by atoms with Gasteiger partial charge in [0.15, 0.2) is 0 Å². The number of nitrogens with zero attached hydrogens (tertiary/aromatic N) is 1. The van der Waals surface area contributed by atoms with Gasteiger partial charge in [-0.2, -0.15) is 0 Å². The van der Waals surface area contributed by atoms with Crippen molar-refractivity contribution in [3.05, 3.63) is 42.0 Å². The van der Waals surface area contributed by atoms with E-state index in [9.17, 15) is 14.4 Å². The number of hydrogen-bond donors (Lipinski definition) is 1. The molecule has 2 bridgehead atoms. The van der Waals surface area contributed by atoms with Crippen LogP contribution in [0.15, 0.2) is 36.4 Å². The molecule has 1 heterocycles. The quantitative estimate of drug-likeness (QED) is 0.670. The van der Waals surface area contributed by atoms with Crippen molar-refractivity contribution in [1.82, 2.24) is 0 Å². The van der Waals surface area contributed by atoms with E-state index in [1.807, 2.05) is 19.1 Å². The standard InChI is InChI=1S/C17H15NO4/c1-17-11-6-5-9(7-11)13(17)14(19)18(16(17)22)12-4-2-3-10(8-12)15(20)21/h2-6,8-9,11,13H,7H2,1H3,(H,20,21)/t9-,11+,13-,17-/m1/s1. The highest BCUT2D eigenvalue weighted by molar-refractivity contribution is 6.24. The SMILES string of the molecule is C[C@]12C(=O)N(c3cccc(C(=O)O)c3)C(=O)[C@H]1[C@@H]1C=C[C@H]2C1. The first-order valence-corrected chi connectivity index (χ1v) is 7.34. The number of rotatable bonds is 2. The number of allylic oxidation sites excluding steroid dienone is 2. The predicted octanol–water partition coefficient (Wildman–Crippen LogP) is 2.09. The third-order valence-corrected chi connectivity index (χ3v) is 5.46. The second kappa shape index (κ2) is 4.06. The minimum atomic E-state index is -1.07. The van der Waals surface area contributed by atoms with Crippen LogP contribution in [0.25, 0.3) is 0 Å².